The maximum atomic E-state index is 11.0. The van der Waals surface area contributed by atoms with E-state index in [-0.39, 0.29) is 6.61 Å². The zero-order valence-corrected chi connectivity index (χ0v) is 9.03. The summed E-state index contributed by atoms with van der Waals surface area (Å²) < 4.78 is 10.5. The van der Waals surface area contributed by atoms with Crippen molar-refractivity contribution in [1.82, 2.24) is 0 Å². The van der Waals surface area contributed by atoms with Crippen LogP contribution in [0.5, 0.6) is 0 Å². The Labute approximate surface area is 88.8 Å². The van der Waals surface area contributed by atoms with Crippen molar-refractivity contribution in [3.63, 3.8) is 0 Å². The quantitative estimate of drug-likeness (QED) is 0.786. The van der Waals surface area contributed by atoms with Crippen LogP contribution in [0.4, 0.5) is 0 Å². The van der Waals surface area contributed by atoms with Gasteiger partial charge in [0.15, 0.2) is 5.60 Å². The summed E-state index contributed by atoms with van der Waals surface area (Å²) in [7, 11) is 0. The molecule has 0 spiro atoms. The number of rotatable bonds is 6. The van der Waals surface area contributed by atoms with E-state index in [1.165, 1.54) is 6.26 Å². The SMILES string of the molecule is CCCC(C)(OCc1ccco1)C(=O)O. The van der Waals surface area contributed by atoms with Crippen molar-refractivity contribution in [2.75, 3.05) is 0 Å². The minimum Gasteiger partial charge on any atom is -0.479 e. The molecule has 0 aliphatic rings. The molecule has 1 aromatic heterocycles. The molecular weight excluding hydrogens is 196 g/mol. The third-order valence-electron chi connectivity index (χ3n) is 2.29. The third-order valence-corrected chi connectivity index (χ3v) is 2.29. The molecule has 1 heterocycles. The van der Waals surface area contributed by atoms with Crippen LogP contribution in [-0.4, -0.2) is 16.7 Å². The summed E-state index contributed by atoms with van der Waals surface area (Å²) in [5.74, 6) is -0.297. The van der Waals surface area contributed by atoms with Crippen LogP contribution < -0.4 is 0 Å². The zero-order valence-electron chi connectivity index (χ0n) is 9.03. The highest BCUT2D eigenvalue weighted by molar-refractivity contribution is 5.76. The van der Waals surface area contributed by atoms with Gasteiger partial charge < -0.3 is 14.3 Å². The van der Waals surface area contributed by atoms with Gasteiger partial charge in [0.25, 0.3) is 0 Å². The van der Waals surface area contributed by atoms with Gasteiger partial charge in [-0.3, -0.25) is 0 Å². The summed E-state index contributed by atoms with van der Waals surface area (Å²) in [6, 6.07) is 3.50. The molecule has 1 rings (SSSR count). The summed E-state index contributed by atoms with van der Waals surface area (Å²) in [5.41, 5.74) is -1.12. The molecule has 1 aromatic rings. The molecule has 0 saturated heterocycles. The molecule has 4 heteroatoms. The Balaban J connectivity index is 2.56. The number of carbonyl (C=O) groups is 1. The molecule has 84 valence electrons. The summed E-state index contributed by atoms with van der Waals surface area (Å²) in [5, 5.41) is 9.04. The minimum atomic E-state index is -1.12. The third kappa shape index (κ3) is 3.09. The lowest BCUT2D eigenvalue weighted by molar-refractivity contribution is -0.167. The Morgan fingerprint density at radius 3 is 2.87 bits per heavy atom. The highest BCUT2D eigenvalue weighted by atomic mass is 16.5. The Morgan fingerprint density at radius 2 is 2.40 bits per heavy atom. The highest BCUT2D eigenvalue weighted by Gasteiger charge is 2.33. The van der Waals surface area contributed by atoms with Crippen LogP contribution in [0, 0.1) is 0 Å². The van der Waals surface area contributed by atoms with Gasteiger partial charge in [0.2, 0.25) is 0 Å². The van der Waals surface area contributed by atoms with Gasteiger partial charge in [0.05, 0.1) is 6.26 Å². The van der Waals surface area contributed by atoms with Crippen LogP contribution in [-0.2, 0) is 16.1 Å². The summed E-state index contributed by atoms with van der Waals surface area (Å²) in [6.07, 6.45) is 2.79. The van der Waals surface area contributed by atoms with E-state index in [2.05, 4.69) is 0 Å². The molecule has 1 unspecified atom stereocenters. The fourth-order valence-electron chi connectivity index (χ4n) is 1.34. The zero-order chi connectivity index (χ0) is 11.3. The minimum absolute atomic E-state index is 0.190. The number of ether oxygens (including phenoxy) is 1. The molecule has 0 saturated carbocycles. The van der Waals surface area contributed by atoms with Crippen LogP contribution in [0.25, 0.3) is 0 Å². The average molecular weight is 212 g/mol. The number of hydrogen-bond donors (Lipinski definition) is 1. The summed E-state index contributed by atoms with van der Waals surface area (Å²) in [6.45, 7) is 3.70. The molecule has 1 N–H and O–H groups in total. The first-order valence-corrected chi connectivity index (χ1v) is 4.98. The normalized spacial score (nSPS) is 14.8. The summed E-state index contributed by atoms with van der Waals surface area (Å²) in [4.78, 5) is 11.0. The lowest BCUT2D eigenvalue weighted by Gasteiger charge is -2.24. The molecule has 0 bridgehead atoms. The number of furan rings is 1. The van der Waals surface area contributed by atoms with Crippen molar-refractivity contribution in [1.29, 1.82) is 0 Å². The Morgan fingerprint density at radius 1 is 1.67 bits per heavy atom. The van der Waals surface area contributed by atoms with E-state index < -0.39 is 11.6 Å². The second-order valence-electron chi connectivity index (χ2n) is 3.65. The van der Waals surface area contributed by atoms with Crippen molar-refractivity contribution in [2.45, 2.75) is 38.9 Å². The number of carboxylic acid groups (broad SMARTS) is 1. The number of carboxylic acids is 1. The Hall–Kier alpha value is -1.29. The predicted octanol–water partition coefficient (Wildman–Crippen LogP) is 2.44. The van der Waals surface area contributed by atoms with Crippen molar-refractivity contribution in [2.24, 2.45) is 0 Å². The topological polar surface area (TPSA) is 59.7 Å². The molecule has 0 aliphatic heterocycles. The predicted molar refractivity (Wildman–Crippen MR) is 54.4 cm³/mol. The summed E-state index contributed by atoms with van der Waals surface area (Å²) >= 11 is 0. The monoisotopic (exact) mass is 212 g/mol. The van der Waals surface area contributed by atoms with Crippen LogP contribution >= 0.6 is 0 Å². The molecule has 0 aliphatic carbocycles. The van der Waals surface area contributed by atoms with E-state index in [1.54, 1.807) is 19.1 Å². The number of hydrogen-bond acceptors (Lipinski definition) is 3. The van der Waals surface area contributed by atoms with Crippen LogP contribution in [0.2, 0.25) is 0 Å². The van der Waals surface area contributed by atoms with Crippen molar-refractivity contribution in [3.05, 3.63) is 24.2 Å². The van der Waals surface area contributed by atoms with E-state index in [1.807, 2.05) is 6.92 Å². The van der Waals surface area contributed by atoms with Gasteiger partial charge in [-0.05, 0) is 25.5 Å². The Kier molecular flexibility index (Phi) is 3.91. The van der Waals surface area contributed by atoms with Crippen molar-refractivity contribution >= 4 is 5.97 Å². The van der Waals surface area contributed by atoms with Gasteiger partial charge in [-0.25, -0.2) is 4.79 Å². The highest BCUT2D eigenvalue weighted by Crippen LogP contribution is 2.20. The fraction of sp³-hybridized carbons (Fsp3) is 0.545. The molecule has 0 aromatic carbocycles. The smallest absolute Gasteiger partial charge is 0.335 e. The molecule has 0 amide bonds. The van der Waals surface area contributed by atoms with Gasteiger partial charge in [0, 0.05) is 0 Å². The van der Waals surface area contributed by atoms with E-state index in [4.69, 9.17) is 14.3 Å². The molecule has 1 atom stereocenters. The van der Waals surface area contributed by atoms with Gasteiger partial charge in [-0.2, -0.15) is 0 Å². The van der Waals surface area contributed by atoms with Crippen LogP contribution in [0.1, 0.15) is 32.4 Å². The van der Waals surface area contributed by atoms with E-state index in [0.29, 0.717) is 12.2 Å². The first-order chi connectivity index (χ1) is 7.08. The first-order valence-electron chi connectivity index (χ1n) is 4.98. The van der Waals surface area contributed by atoms with E-state index in [9.17, 15) is 4.79 Å². The molecule has 0 fully saturated rings. The lowest BCUT2D eigenvalue weighted by atomic mass is 10.0. The molecule has 0 radical (unpaired) electrons. The molecular formula is C11H16O4. The van der Waals surface area contributed by atoms with Crippen molar-refractivity contribution in [3.8, 4) is 0 Å². The Bertz CT molecular complexity index is 304. The maximum Gasteiger partial charge on any atom is 0.335 e. The largest absolute Gasteiger partial charge is 0.479 e. The van der Waals surface area contributed by atoms with Gasteiger partial charge in [-0.15, -0.1) is 0 Å². The fourth-order valence-corrected chi connectivity index (χ4v) is 1.34. The maximum absolute atomic E-state index is 11.0. The second-order valence-corrected chi connectivity index (χ2v) is 3.65. The average Bonchev–Trinajstić information content (AvgIpc) is 2.67. The van der Waals surface area contributed by atoms with Crippen molar-refractivity contribution < 1.29 is 19.1 Å². The number of aliphatic carboxylic acids is 1. The van der Waals surface area contributed by atoms with Gasteiger partial charge in [-0.1, -0.05) is 13.3 Å². The van der Waals surface area contributed by atoms with E-state index >= 15 is 0 Å². The molecule has 15 heavy (non-hydrogen) atoms. The standard InChI is InChI=1S/C11H16O4/c1-3-6-11(2,10(12)13)15-8-9-5-4-7-14-9/h4-5,7H,3,6,8H2,1-2H3,(H,12,13). The van der Waals surface area contributed by atoms with Crippen LogP contribution in [0.15, 0.2) is 22.8 Å². The lowest BCUT2D eigenvalue weighted by Crippen LogP contribution is -2.38. The van der Waals surface area contributed by atoms with Gasteiger partial charge >= 0.3 is 5.97 Å². The van der Waals surface area contributed by atoms with Gasteiger partial charge in [0.1, 0.15) is 12.4 Å². The first kappa shape index (κ1) is 11.8. The second kappa shape index (κ2) is 4.98. The van der Waals surface area contributed by atoms with E-state index in [0.717, 1.165) is 6.42 Å². The van der Waals surface area contributed by atoms with Crippen LogP contribution in [0.3, 0.4) is 0 Å². The molecule has 4 nitrogen and oxygen atoms in total.